The Balaban J connectivity index is 2.22. The molecule has 1 aliphatic carbocycles. The van der Waals surface area contributed by atoms with Gasteiger partial charge in [0, 0.05) is 0 Å². The Hall–Kier alpha value is -0.300. The third-order valence-electron chi connectivity index (χ3n) is 6.38. The zero-order valence-corrected chi connectivity index (χ0v) is 14.6. The van der Waals surface area contributed by atoms with E-state index in [2.05, 4.69) is 52.6 Å². The quantitative estimate of drug-likeness (QED) is 0.655. The third-order valence-corrected chi connectivity index (χ3v) is 6.38. The molecule has 116 valence electrons. The minimum absolute atomic E-state index is 0.608. The molecule has 0 aromatic carbocycles. The fraction of sp³-hybridized carbons (Fsp3) is 0.895. The summed E-state index contributed by atoms with van der Waals surface area (Å²) in [6.07, 6.45) is 8.11. The predicted octanol–water partition coefficient (Wildman–Crippen LogP) is 4.98. The van der Waals surface area contributed by atoms with E-state index in [1.807, 2.05) is 0 Å². The van der Waals surface area contributed by atoms with Gasteiger partial charge in [-0.15, -0.1) is 0 Å². The molecular formula is C19H35N. The maximum atomic E-state index is 2.57. The minimum atomic E-state index is 0.608. The van der Waals surface area contributed by atoms with E-state index >= 15 is 0 Å². The smallest absolute Gasteiger partial charge is 0.00189 e. The van der Waals surface area contributed by atoms with E-state index in [1.54, 1.807) is 5.57 Å². The Kier molecular flexibility index (Phi) is 5.00. The first-order valence-corrected chi connectivity index (χ1v) is 8.87. The highest BCUT2D eigenvalue weighted by molar-refractivity contribution is 5.30. The lowest BCUT2D eigenvalue weighted by molar-refractivity contribution is -0.0618. The zero-order valence-electron chi connectivity index (χ0n) is 14.6. The van der Waals surface area contributed by atoms with Crippen LogP contribution in [0.4, 0.5) is 0 Å². The van der Waals surface area contributed by atoms with Crippen molar-refractivity contribution in [2.24, 2.45) is 29.1 Å². The lowest BCUT2D eigenvalue weighted by atomic mass is 9.43. The molecule has 0 radical (unpaired) electrons. The number of hydrogen-bond donors (Lipinski definition) is 0. The first-order valence-electron chi connectivity index (χ1n) is 8.87. The molecule has 0 amide bonds. The number of hydrogen-bond acceptors (Lipinski definition) is 1. The summed E-state index contributed by atoms with van der Waals surface area (Å²) >= 11 is 0. The molecule has 1 heterocycles. The van der Waals surface area contributed by atoms with Crippen LogP contribution >= 0.6 is 0 Å². The van der Waals surface area contributed by atoms with Gasteiger partial charge in [-0.1, -0.05) is 46.3 Å². The molecule has 0 spiro atoms. The summed E-state index contributed by atoms with van der Waals surface area (Å²) < 4.78 is 0. The fourth-order valence-electron chi connectivity index (χ4n) is 5.41. The van der Waals surface area contributed by atoms with Crippen LogP contribution in [0.3, 0.4) is 0 Å². The highest BCUT2D eigenvalue weighted by Gasteiger charge is 2.57. The van der Waals surface area contributed by atoms with Gasteiger partial charge >= 0.3 is 0 Å². The molecule has 2 fully saturated rings. The Labute approximate surface area is 126 Å². The largest absolute Gasteiger partial charge is 0.306 e. The second-order valence-electron chi connectivity index (χ2n) is 7.64. The summed E-state index contributed by atoms with van der Waals surface area (Å²) in [6.45, 7) is 14.6. The van der Waals surface area contributed by atoms with Gasteiger partial charge in [0.2, 0.25) is 0 Å². The first-order chi connectivity index (χ1) is 9.47. The van der Waals surface area contributed by atoms with Crippen molar-refractivity contribution >= 4 is 0 Å². The van der Waals surface area contributed by atoms with Gasteiger partial charge in [0.25, 0.3) is 0 Å². The second-order valence-corrected chi connectivity index (χ2v) is 7.64. The molecule has 1 nitrogen and oxygen atoms in total. The molecular weight excluding hydrogens is 242 g/mol. The summed E-state index contributed by atoms with van der Waals surface area (Å²) in [5, 5.41) is 0. The maximum Gasteiger partial charge on any atom is -0.00189 e. The summed E-state index contributed by atoms with van der Waals surface area (Å²) in [4.78, 5) is 2.51. The Morgan fingerprint density at radius 2 is 1.85 bits per heavy atom. The van der Waals surface area contributed by atoms with E-state index in [0.29, 0.717) is 11.3 Å². The molecule has 0 aromatic heterocycles. The van der Waals surface area contributed by atoms with E-state index < -0.39 is 0 Å². The van der Waals surface area contributed by atoms with Gasteiger partial charge in [0.05, 0.1) is 0 Å². The molecule has 20 heavy (non-hydrogen) atoms. The minimum Gasteiger partial charge on any atom is -0.306 e. The van der Waals surface area contributed by atoms with Gasteiger partial charge in [0.15, 0.2) is 0 Å². The van der Waals surface area contributed by atoms with Crippen LogP contribution in [-0.2, 0) is 0 Å². The predicted molar refractivity (Wildman–Crippen MR) is 88.8 cm³/mol. The topological polar surface area (TPSA) is 3.24 Å². The summed E-state index contributed by atoms with van der Waals surface area (Å²) in [5.41, 5.74) is 2.39. The monoisotopic (exact) mass is 277 g/mol. The molecule has 0 bridgehead atoms. The molecule has 1 saturated heterocycles. The van der Waals surface area contributed by atoms with Crippen LogP contribution in [0.2, 0.25) is 0 Å². The van der Waals surface area contributed by atoms with E-state index in [4.69, 9.17) is 0 Å². The van der Waals surface area contributed by atoms with Gasteiger partial charge in [0.1, 0.15) is 0 Å². The Bertz CT molecular complexity index is 349. The van der Waals surface area contributed by atoms with Crippen LogP contribution in [0.5, 0.6) is 0 Å². The third kappa shape index (κ3) is 2.47. The Morgan fingerprint density at radius 3 is 2.30 bits per heavy atom. The number of allylic oxidation sites excluding steroid dienone is 2. The standard InChI is InChI=1S/C19H35N/c1-7-18-17(13-14(3)4)15(5)19(18,8-2)16-9-11-20(6)12-10-16/h13-16,18H,7-12H2,1-6H3/b17-13+. The van der Waals surface area contributed by atoms with Crippen molar-refractivity contribution in [3.63, 3.8) is 0 Å². The van der Waals surface area contributed by atoms with Crippen LogP contribution in [0, 0.1) is 29.1 Å². The lowest BCUT2D eigenvalue weighted by Crippen LogP contribution is -2.56. The maximum absolute atomic E-state index is 2.57. The van der Waals surface area contributed by atoms with Gasteiger partial charge in [-0.05, 0) is 74.9 Å². The van der Waals surface area contributed by atoms with Crippen molar-refractivity contribution in [2.75, 3.05) is 20.1 Å². The number of piperidine rings is 1. The van der Waals surface area contributed by atoms with Crippen LogP contribution < -0.4 is 0 Å². The van der Waals surface area contributed by atoms with Crippen LogP contribution in [0.15, 0.2) is 11.6 Å². The van der Waals surface area contributed by atoms with Gasteiger partial charge in [-0.3, -0.25) is 0 Å². The lowest BCUT2D eigenvalue weighted by Gasteiger charge is -2.62. The van der Waals surface area contributed by atoms with Crippen molar-refractivity contribution in [1.29, 1.82) is 0 Å². The van der Waals surface area contributed by atoms with Crippen molar-refractivity contribution in [3.8, 4) is 0 Å². The number of rotatable bonds is 4. The molecule has 1 aliphatic heterocycles. The highest BCUT2D eigenvalue weighted by atomic mass is 15.1. The second kappa shape index (κ2) is 6.22. The van der Waals surface area contributed by atoms with E-state index in [-0.39, 0.29) is 0 Å². The first kappa shape index (κ1) is 16.1. The zero-order chi connectivity index (χ0) is 14.9. The van der Waals surface area contributed by atoms with Crippen molar-refractivity contribution in [1.82, 2.24) is 4.90 Å². The summed E-state index contributed by atoms with van der Waals surface area (Å²) in [5.74, 6) is 3.33. The molecule has 3 unspecified atom stereocenters. The molecule has 3 atom stereocenters. The van der Waals surface area contributed by atoms with Gasteiger partial charge < -0.3 is 4.90 Å². The molecule has 1 heteroatoms. The summed E-state index contributed by atoms with van der Waals surface area (Å²) in [7, 11) is 2.28. The average molecular weight is 277 g/mol. The fourth-order valence-corrected chi connectivity index (χ4v) is 5.41. The Morgan fingerprint density at radius 1 is 1.25 bits per heavy atom. The SMILES string of the molecule is CCC1/C(=C/C(C)C)C(C)C1(CC)C1CCN(C)CC1. The highest BCUT2D eigenvalue weighted by Crippen LogP contribution is 2.64. The molecule has 0 N–H and O–H groups in total. The normalized spacial score (nSPS) is 38.5. The van der Waals surface area contributed by atoms with Crippen molar-refractivity contribution in [2.45, 2.75) is 60.3 Å². The average Bonchev–Trinajstić information content (AvgIpc) is 2.43. The van der Waals surface area contributed by atoms with Crippen molar-refractivity contribution < 1.29 is 0 Å². The van der Waals surface area contributed by atoms with Crippen LogP contribution in [0.25, 0.3) is 0 Å². The van der Waals surface area contributed by atoms with Crippen LogP contribution in [-0.4, -0.2) is 25.0 Å². The van der Waals surface area contributed by atoms with E-state index in [9.17, 15) is 0 Å². The van der Waals surface area contributed by atoms with Crippen molar-refractivity contribution in [3.05, 3.63) is 11.6 Å². The number of likely N-dealkylation sites (tertiary alicyclic amines) is 1. The molecule has 1 saturated carbocycles. The van der Waals surface area contributed by atoms with Gasteiger partial charge in [-0.25, -0.2) is 0 Å². The molecule has 2 aliphatic rings. The van der Waals surface area contributed by atoms with Gasteiger partial charge in [-0.2, -0.15) is 0 Å². The molecule has 2 rings (SSSR count). The van der Waals surface area contributed by atoms with E-state index in [1.165, 1.54) is 38.8 Å². The number of nitrogens with zero attached hydrogens (tertiary/aromatic N) is 1. The van der Waals surface area contributed by atoms with E-state index in [0.717, 1.165) is 17.8 Å². The van der Waals surface area contributed by atoms with Crippen LogP contribution in [0.1, 0.15) is 60.3 Å². The summed E-state index contributed by atoms with van der Waals surface area (Å²) in [6, 6.07) is 0. The molecule has 0 aromatic rings.